The van der Waals surface area contributed by atoms with Gasteiger partial charge in [-0.05, 0) is 36.7 Å². The number of pyridine rings is 1. The maximum atomic E-state index is 11.5. The van der Waals surface area contributed by atoms with Crippen LogP contribution in [0.4, 0.5) is 5.69 Å². The molecule has 4 rings (SSSR count). The molecule has 32 heavy (non-hydrogen) atoms. The smallest absolute Gasteiger partial charge is 0.241 e. The van der Waals surface area contributed by atoms with Gasteiger partial charge < -0.3 is 20.7 Å². The first-order valence-electron chi connectivity index (χ1n) is 10.5. The molecule has 1 atom stereocenters. The molecule has 0 radical (unpaired) electrons. The fourth-order valence-corrected chi connectivity index (χ4v) is 3.43. The van der Waals surface area contributed by atoms with Crippen LogP contribution in [0.5, 0.6) is 5.88 Å². The molecule has 0 bridgehead atoms. The number of anilines is 1. The predicted molar refractivity (Wildman–Crippen MR) is 120 cm³/mol. The summed E-state index contributed by atoms with van der Waals surface area (Å²) in [6.07, 6.45) is 6.16. The Bertz CT molecular complexity index is 1120. The number of carbonyl (C=O) groups excluding carboxylic acids is 1. The van der Waals surface area contributed by atoms with Gasteiger partial charge >= 0.3 is 0 Å². The van der Waals surface area contributed by atoms with Crippen molar-refractivity contribution in [3.05, 3.63) is 60.0 Å². The summed E-state index contributed by atoms with van der Waals surface area (Å²) in [5.74, 6) is 0.478. The molecule has 3 N–H and O–H groups in total. The Balaban J connectivity index is 1.28. The fraction of sp³-hybridized carbons (Fsp3) is 0.304. The molecule has 0 spiro atoms. The summed E-state index contributed by atoms with van der Waals surface area (Å²) in [5.41, 5.74) is 4.50. The van der Waals surface area contributed by atoms with E-state index >= 15 is 0 Å². The van der Waals surface area contributed by atoms with Gasteiger partial charge in [-0.2, -0.15) is 10.4 Å². The maximum Gasteiger partial charge on any atom is 0.241 e. The topological polar surface area (TPSA) is 117 Å². The molecule has 0 fully saturated rings. The van der Waals surface area contributed by atoms with Crippen molar-refractivity contribution in [1.82, 2.24) is 25.4 Å². The van der Waals surface area contributed by atoms with Crippen LogP contribution >= 0.6 is 0 Å². The maximum absolute atomic E-state index is 11.5. The number of nitrogens with zero attached hydrogens (tertiary/aromatic N) is 4. The van der Waals surface area contributed by atoms with Crippen molar-refractivity contribution in [2.75, 3.05) is 32.0 Å². The molecule has 3 heterocycles. The van der Waals surface area contributed by atoms with E-state index in [1.54, 1.807) is 24.1 Å². The van der Waals surface area contributed by atoms with E-state index in [1.165, 1.54) is 5.56 Å². The molecule has 0 saturated heterocycles. The molecule has 9 heteroatoms. The normalized spacial score (nSPS) is 14.6. The van der Waals surface area contributed by atoms with Gasteiger partial charge in [0.2, 0.25) is 11.8 Å². The number of nitrogens with one attached hydrogen (secondary N) is 3. The Hall–Kier alpha value is -3.90. The molecule has 0 saturated carbocycles. The second-order valence-corrected chi connectivity index (χ2v) is 7.56. The summed E-state index contributed by atoms with van der Waals surface area (Å²) >= 11 is 0. The second-order valence-electron chi connectivity index (χ2n) is 7.56. The van der Waals surface area contributed by atoms with Crippen LogP contribution in [0.25, 0.3) is 11.1 Å². The largest absolute Gasteiger partial charge is 0.470 e. The summed E-state index contributed by atoms with van der Waals surface area (Å²) in [6, 6.07) is 11.8. The highest BCUT2D eigenvalue weighted by atomic mass is 16.5. The van der Waals surface area contributed by atoms with Crippen molar-refractivity contribution in [2.45, 2.75) is 19.1 Å². The zero-order chi connectivity index (χ0) is 22.3. The van der Waals surface area contributed by atoms with Crippen LogP contribution < -0.4 is 20.7 Å². The third-order valence-corrected chi connectivity index (χ3v) is 5.25. The molecule has 3 aromatic rings. The molecular weight excluding hydrogens is 406 g/mol. The molecule has 9 nitrogen and oxygen atoms in total. The Morgan fingerprint density at radius 3 is 2.94 bits per heavy atom. The van der Waals surface area contributed by atoms with Gasteiger partial charge in [0, 0.05) is 37.1 Å². The van der Waals surface area contributed by atoms with E-state index in [0.29, 0.717) is 24.5 Å². The van der Waals surface area contributed by atoms with Crippen LogP contribution in [0.3, 0.4) is 0 Å². The van der Waals surface area contributed by atoms with E-state index in [0.717, 1.165) is 29.8 Å². The molecule has 1 aromatic carbocycles. The fourth-order valence-electron chi connectivity index (χ4n) is 3.43. The first-order chi connectivity index (χ1) is 15.6. The van der Waals surface area contributed by atoms with Crippen LogP contribution in [0.2, 0.25) is 0 Å². The molecular formula is C23H25N7O2. The van der Waals surface area contributed by atoms with Crippen LogP contribution in [0.15, 0.2) is 48.9 Å². The van der Waals surface area contributed by atoms with Crippen LogP contribution in [0, 0.1) is 11.3 Å². The highest BCUT2D eigenvalue weighted by molar-refractivity contribution is 5.75. The van der Waals surface area contributed by atoms with E-state index < -0.39 is 0 Å². The lowest BCUT2D eigenvalue weighted by Crippen LogP contribution is -2.40. The highest BCUT2D eigenvalue weighted by Gasteiger charge is 2.21. The van der Waals surface area contributed by atoms with Gasteiger partial charge in [0.25, 0.3) is 0 Å². The van der Waals surface area contributed by atoms with Gasteiger partial charge in [-0.3, -0.25) is 9.48 Å². The summed E-state index contributed by atoms with van der Waals surface area (Å²) in [4.78, 5) is 16.0. The Morgan fingerprint density at radius 1 is 1.31 bits per heavy atom. The van der Waals surface area contributed by atoms with Crippen molar-refractivity contribution >= 4 is 11.6 Å². The van der Waals surface area contributed by atoms with Crippen LogP contribution in [0.1, 0.15) is 11.1 Å². The molecule has 2 aromatic heterocycles. The average Bonchev–Trinajstić information content (AvgIpc) is 3.30. The summed E-state index contributed by atoms with van der Waals surface area (Å²) < 4.78 is 7.63. The highest BCUT2D eigenvalue weighted by Crippen LogP contribution is 2.31. The number of nitriles is 1. The first kappa shape index (κ1) is 21.3. The van der Waals surface area contributed by atoms with Gasteiger partial charge in [0.15, 0.2) is 0 Å². The molecule has 0 aliphatic carbocycles. The number of fused-ring (bicyclic) bond motifs is 1. The first-order valence-corrected chi connectivity index (χ1v) is 10.5. The number of aromatic nitrogens is 3. The number of hydrogen-bond donors (Lipinski definition) is 3. The number of likely N-dealkylation sites (N-methyl/N-ethyl adjacent to an activating group) is 1. The van der Waals surface area contributed by atoms with Crippen molar-refractivity contribution < 1.29 is 9.53 Å². The minimum Gasteiger partial charge on any atom is -0.470 e. The van der Waals surface area contributed by atoms with E-state index in [-0.39, 0.29) is 18.6 Å². The predicted octanol–water partition coefficient (Wildman–Crippen LogP) is 1.57. The molecule has 164 valence electrons. The Labute approximate surface area is 186 Å². The van der Waals surface area contributed by atoms with E-state index in [9.17, 15) is 4.79 Å². The number of rotatable bonds is 8. The van der Waals surface area contributed by atoms with Crippen molar-refractivity contribution in [1.29, 1.82) is 5.26 Å². The third-order valence-electron chi connectivity index (χ3n) is 5.25. The minimum absolute atomic E-state index is 0.0166. The van der Waals surface area contributed by atoms with Gasteiger partial charge in [-0.15, -0.1) is 0 Å². The van der Waals surface area contributed by atoms with Crippen LogP contribution in [-0.2, 0) is 17.8 Å². The minimum atomic E-state index is -0.102. The molecule has 1 unspecified atom stereocenters. The quantitative estimate of drug-likeness (QED) is 0.464. The van der Waals surface area contributed by atoms with E-state index in [4.69, 9.17) is 10.00 Å². The average molecular weight is 432 g/mol. The molecule has 1 amide bonds. The van der Waals surface area contributed by atoms with Crippen molar-refractivity contribution in [3.63, 3.8) is 0 Å². The summed E-state index contributed by atoms with van der Waals surface area (Å²) in [6.45, 7) is 2.39. The van der Waals surface area contributed by atoms with Gasteiger partial charge in [-0.25, -0.2) is 4.98 Å². The molecule has 1 aliphatic rings. The van der Waals surface area contributed by atoms with E-state index in [1.807, 2.05) is 36.5 Å². The van der Waals surface area contributed by atoms with Gasteiger partial charge in [-0.1, -0.05) is 12.1 Å². The van der Waals surface area contributed by atoms with Gasteiger partial charge in [0.05, 0.1) is 30.1 Å². The zero-order valence-corrected chi connectivity index (χ0v) is 17.8. The summed E-state index contributed by atoms with van der Waals surface area (Å²) in [7, 11) is 1.60. The number of ether oxygens (including phenoxy) is 1. The SMILES string of the molecule is CNC(=O)Cn1cc(-c2cnc3c(c2)NCC(CNCCc2ccc(C#N)cc2)O3)cn1. The number of carbonyl (C=O) groups is 1. The van der Waals surface area contributed by atoms with Crippen molar-refractivity contribution in [3.8, 4) is 23.1 Å². The van der Waals surface area contributed by atoms with Crippen LogP contribution in [-0.4, -0.2) is 53.5 Å². The monoisotopic (exact) mass is 431 g/mol. The Morgan fingerprint density at radius 2 is 2.16 bits per heavy atom. The second kappa shape index (κ2) is 9.94. The standard InChI is InChI=1S/C23H25N7O2/c1-25-22(31)15-30-14-19(11-29-30)18-8-21-23(28-10-18)32-20(13-27-21)12-26-7-6-16-2-4-17(9-24)5-3-16/h2-5,8,10-11,14,20,26-27H,6-7,12-13,15H2,1H3,(H,25,31). The van der Waals surface area contributed by atoms with E-state index in [2.05, 4.69) is 32.1 Å². The Kier molecular flexibility index (Phi) is 6.63. The third kappa shape index (κ3) is 5.22. The van der Waals surface area contributed by atoms with Crippen molar-refractivity contribution in [2.24, 2.45) is 0 Å². The lowest BCUT2D eigenvalue weighted by atomic mass is 10.1. The number of amides is 1. The lowest BCUT2D eigenvalue weighted by molar-refractivity contribution is -0.121. The van der Waals surface area contributed by atoms with Gasteiger partial charge in [0.1, 0.15) is 12.6 Å². The number of benzene rings is 1. The molecule has 1 aliphatic heterocycles. The number of hydrogen-bond acceptors (Lipinski definition) is 7. The lowest BCUT2D eigenvalue weighted by Gasteiger charge is -2.27. The zero-order valence-electron chi connectivity index (χ0n) is 17.8. The summed E-state index contributed by atoms with van der Waals surface area (Å²) in [5, 5.41) is 22.5.